The first kappa shape index (κ1) is 15.4. The van der Waals surface area contributed by atoms with E-state index in [1.165, 1.54) is 0 Å². The van der Waals surface area contributed by atoms with Crippen LogP contribution in [0.25, 0.3) is 0 Å². The first-order valence-corrected chi connectivity index (χ1v) is 7.69. The molecule has 0 radical (unpaired) electrons. The van der Waals surface area contributed by atoms with Gasteiger partial charge in [-0.2, -0.15) is 0 Å². The molecular weight excluding hydrogens is 290 g/mol. The Morgan fingerprint density at radius 2 is 2.09 bits per heavy atom. The molecule has 3 rings (SSSR count). The summed E-state index contributed by atoms with van der Waals surface area (Å²) >= 11 is 0. The van der Waals surface area contributed by atoms with Gasteiger partial charge < -0.3 is 20.3 Å². The second-order valence-electron chi connectivity index (χ2n) is 5.75. The maximum absolute atomic E-state index is 12.4. The molecule has 5 heteroatoms. The van der Waals surface area contributed by atoms with Crippen molar-refractivity contribution in [3.63, 3.8) is 0 Å². The number of benzene rings is 2. The van der Waals surface area contributed by atoms with Gasteiger partial charge in [-0.25, -0.2) is 0 Å². The van der Waals surface area contributed by atoms with Crippen molar-refractivity contribution >= 4 is 17.3 Å². The van der Waals surface area contributed by atoms with Gasteiger partial charge in [-0.3, -0.25) is 4.79 Å². The average Bonchev–Trinajstić information content (AvgIpc) is 2.79. The molecule has 0 spiro atoms. The number of nitrogens with one attached hydrogen (secondary N) is 2. The van der Waals surface area contributed by atoms with Gasteiger partial charge in [0.2, 0.25) is 0 Å². The standard InChI is InChI=1S/C18H21N3O2/c1-21(2)16-5-3-4-13(11-16)18(22)20-15-6-7-17-14(10-15)12-19-8-9-23-17/h3-7,10-11,19H,8-9,12H2,1-2H3,(H,20,22). The fourth-order valence-electron chi connectivity index (χ4n) is 2.52. The summed E-state index contributed by atoms with van der Waals surface area (Å²) in [4.78, 5) is 14.4. The SMILES string of the molecule is CN(C)c1cccc(C(=O)Nc2ccc3c(c2)CNCCO3)c1. The molecule has 2 aromatic rings. The van der Waals surface area contributed by atoms with E-state index in [2.05, 4.69) is 10.6 Å². The Labute approximate surface area is 136 Å². The van der Waals surface area contributed by atoms with Gasteiger partial charge in [0.1, 0.15) is 12.4 Å². The van der Waals surface area contributed by atoms with Gasteiger partial charge in [0.15, 0.2) is 0 Å². The topological polar surface area (TPSA) is 53.6 Å². The largest absolute Gasteiger partial charge is 0.492 e. The third-order valence-corrected chi connectivity index (χ3v) is 3.79. The third-order valence-electron chi connectivity index (χ3n) is 3.79. The Balaban J connectivity index is 1.77. The summed E-state index contributed by atoms with van der Waals surface area (Å²) in [5.74, 6) is 0.763. The van der Waals surface area contributed by atoms with Crippen molar-refractivity contribution < 1.29 is 9.53 Å². The third kappa shape index (κ3) is 3.63. The summed E-state index contributed by atoms with van der Waals surface area (Å²) in [5.41, 5.74) is 3.47. The number of nitrogens with zero attached hydrogens (tertiary/aromatic N) is 1. The number of amides is 1. The minimum absolute atomic E-state index is 0.115. The summed E-state index contributed by atoms with van der Waals surface area (Å²) < 4.78 is 5.65. The van der Waals surface area contributed by atoms with Crippen LogP contribution in [0.15, 0.2) is 42.5 Å². The van der Waals surface area contributed by atoms with Crippen molar-refractivity contribution in [3.8, 4) is 5.75 Å². The highest BCUT2D eigenvalue weighted by atomic mass is 16.5. The molecule has 1 aliphatic rings. The van der Waals surface area contributed by atoms with E-state index in [4.69, 9.17) is 4.74 Å². The van der Waals surface area contributed by atoms with E-state index < -0.39 is 0 Å². The Morgan fingerprint density at radius 1 is 1.22 bits per heavy atom. The minimum Gasteiger partial charge on any atom is -0.492 e. The molecule has 1 heterocycles. The number of hydrogen-bond donors (Lipinski definition) is 2. The lowest BCUT2D eigenvalue weighted by molar-refractivity contribution is 0.102. The highest BCUT2D eigenvalue weighted by Crippen LogP contribution is 2.24. The fourth-order valence-corrected chi connectivity index (χ4v) is 2.52. The van der Waals surface area contributed by atoms with Crippen LogP contribution < -0.4 is 20.3 Å². The normalized spacial score (nSPS) is 13.5. The minimum atomic E-state index is -0.115. The predicted octanol–water partition coefficient (Wildman–Crippen LogP) is 2.49. The Bertz CT molecular complexity index is 713. The molecular formula is C18H21N3O2. The zero-order chi connectivity index (χ0) is 16.2. The molecule has 2 aromatic carbocycles. The first-order chi connectivity index (χ1) is 11.1. The first-order valence-electron chi connectivity index (χ1n) is 7.69. The van der Waals surface area contributed by atoms with Crippen molar-refractivity contribution in [1.82, 2.24) is 5.32 Å². The van der Waals surface area contributed by atoms with E-state index in [1.54, 1.807) is 0 Å². The van der Waals surface area contributed by atoms with Crippen LogP contribution in [0.1, 0.15) is 15.9 Å². The second-order valence-corrected chi connectivity index (χ2v) is 5.75. The molecule has 0 aliphatic carbocycles. The summed E-state index contributed by atoms with van der Waals surface area (Å²) in [6.45, 7) is 2.24. The molecule has 1 amide bonds. The van der Waals surface area contributed by atoms with Crippen molar-refractivity contribution in [2.75, 3.05) is 37.5 Å². The molecule has 1 aliphatic heterocycles. The lowest BCUT2D eigenvalue weighted by Gasteiger charge is -2.14. The van der Waals surface area contributed by atoms with Gasteiger partial charge in [0, 0.05) is 49.7 Å². The summed E-state index contributed by atoms with van der Waals surface area (Å²) in [6.07, 6.45) is 0. The quantitative estimate of drug-likeness (QED) is 0.914. The molecule has 0 fully saturated rings. The van der Waals surface area contributed by atoms with Crippen molar-refractivity contribution in [3.05, 3.63) is 53.6 Å². The smallest absolute Gasteiger partial charge is 0.255 e. The molecule has 0 unspecified atom stereocenters. The van der Waals surface area contributed by atoms with Gasteiger partial charge >= 0.3 is 0 Å². The number of ether oxygens (including phenoxy) is 1. The maximum Gasteiger partial charge on any atom is 0.255 e. The number of rotatable bonds is 3. The van der Waals surface area contributed by atoms with Crippen molar-refractivity contribution in [1.29, 1.82) is 0 Å². The lowest BCUT2D eigenvalue weighted by Crippen LogP contribution is -2.16. The molecule has 0 bridgehead atoms. The van der Waals surface area contributed by atoms with E-state index in [-0.39, 0.29) is 5.91 Å². The Morgan fingerprint density at radius 3 is 2.91 bits per heavy atom. The van der Waals surface area contributed by atoms with Crippen LogP contribution in [0.3, 0.4) is 0 Å². The van der Waals surface area contributed by atoms with Gasteiger partial charge in [0.25, 0.3) is 5.91 Å². The number of anilines is 2. The van der Waals surface area contributed by atoms with Gasteiger partial charge in [-0.15, -0.1) is 0 Å². The Kier molecular flexibility index (Phi) is 4.48. The number of carbonyl (C=O) groups is 1. The van der Waals surface area contributed by atoms with Crippen LogP contribution in [-0.4, -0.2) is 33.2 Å². The summed E-state index contributed by atoms with van der Waals surface area (Å²) in [7, 11) is 3.91. The highest BCUT2D eigenvalue weighted by Gasteiger charge is 2.12. The predicted molar refractivity (Wildman–Crippen MR) is 92.4 cm³/mol. The van der Waals surface area contributed by atoms with E-state index in [9.17, 15) is 4.79 Å². The highest BCUT2D eigenvalue weighted by molar-refractivity contribution is 6.04. The summed E-state index contributed by atoms with van der Waals surface area (Å²) in [6, 6.07) is 13.3. The van der Waals surface area contributed by atoms with Crippen molar-refractivity contribution in [2.45, 2.75) is 6.54 Å². The lowest BCUT2D eigenvalue weighted by atomic mass is 10.1. The van der Waals surface area contributed by atoms with E-state index in [0.29, 0.717) is 12.2 Å². The van der Waals surface area contributed by atoms with Gasteiger partial charge in [-0.1, -0.05) is 6.07 Å². The van der Waals surface area contributed by atoms with Crippen molar-refractivity contribution in [2.24, 2.45) is 0 Å². The zero-order valence-corrected chi connectivity index (χ0v) is 13.4. The average molecular weight is 311 g/mol. The molecule has 2 N–H and O–H groups in total. The number of fused-ring (bicyclic) bond motifs is 1. The van der Waals surface area contributed by atoms with E-state index in [1.807, 2.05) is 61.5 Å². The van der Waals surface area contributed by atoms with Crippen LogP contribution in [0.5, 0.6) is 5.75 Å². The van der Waals surface area contributed by atoms with Gasteiger partial charge in [0.05, 0.1) is 0 Å². The fraction of sp³-hybridized carbons (Fsp3) is 0.278. The molecule has 0 atom stereocenters. The van der Waals surface area contributed by atoms with E-state index in [0.717, 1.165) is 35.8 Å². The number of carbonyl (C=O) groups excluding carboxylic acids is 1. The van der Waals surface area contributed by atoms with Crippen LogP contribution in [0, 0.1) is 0 Å². The summed E-state index contributed by atoms with van der Waals surface area (Å²) in [5, 5.41) is 6.25. The molecule has 0 saturated carbocycles. The second kappa shape index (κ2) is 6.71. The zero-order valence-electron chi connectivity index (χ0n) is 13.4. The van der Waals surface area contributed by atoms with Crippen LogP contribution in [0.4, 0.5) is 11.4 Å². The molecule has 0 saturated heterocycles. The van der Waals surface area contributed by atoms with Crippen LogP contribution >= 0.6 is 0 Å². The number of hydrogen-bond acceptors (Lipinski definition) is 4. The maximum atomic E-state index is 12.4. The molecule has 120 valence electrons. The molecule has 23 heavy (non-hydrogen) atoms. The van der Waals surface area contributed by atoms with Gasteiger partial charge in [-0.05, 0) is 36.4 Å². The molecule has 5 nitrogen and oxygen atoms in total. The van der Waals surface area contributed by atoms with Crippen LogP contribution in [-0.2, 0) is 6.54 Å². The molecule has 0 aromatic heterocycles. The monoisotopic (exact) mass is 311 g/mol. The van der Waals surface area contributed by atoms with Crippen LogP contribution in [0.2, 0.25) is 0 Å². The Hall–Kier alpha value is -2.53. The van der Waals surface area contributed by atoms with E-state index >= 15 is 0 Å².